The third-order valence-electron chi connectivity index (χ3n) is 4.28. The number of aryl methyl sites for hydroxylation is 1. The van der Waals surface area contributed by atoms with Crippen LogP contribution in [0.4, 0.5) is 0 Å². The molecular formula is C14H22N4S. The van der Waals surface area contributed by atoms with Crippen LogP contribution in [0.5, 0.6) is 0 Å². The summed E-state index contributed by atoms with van der Waals surface area (Å²) in [7, 11) is 2.04. The van der Waals surface area contributed by atoms with Crippen LogP contribution < -0.4 is 5.32 Å². The van der Waals surface area contributed by atoms with E-state index in [1.807, 2.05) is 31.2 Å². The Morgan fingerprint density at radius 2 is 2.26 bits per heavy atom. The molecule has 0 amide bonds. The second-order valence-corrected chi connectivity index (χ2v) is 6.71. The summed E-state index contributed by atoms with van der Waals surface area (Å²) >= 11 is 1.91. The maximum absolute atomic E-state index is 4.75. The average Bonchev–Trinajstić information content (AvgIpc) is 3.03. The molecule has 0 radical (unpaired) electrons. The Bertz CT molecular complexity index is 460. The van der Waals surface area contributed by atoms with Gasteiger partial charge in [-0.05, 0) is 18.3 Å². The minimum Gasteiger partial charge on any atom is -0.364 e. The largest absolute Gasteiger partial charge is 0.364 e. The topological polar surface area (TPSA) is 42.2 Å². The lowest BCUT2D eigenvalue weighted by Crippen LogP contribution is -2.34. The molecule has 104 valence electrons. The molecule has 0 saturated heterocycles. The smallest absolute Gasteiger partial charge is 0.156 e. The van der Waals surface area contributed by atoms with Gasteiger partial charge >= 0.3 is 0 Å². The highest BCUT2D eigenvalue weighted by Crippen LogP contribution is 2.43. The Morgan fingerprint density at radius 3 is 2.89 bits per heavy atom. The standard InChI is InChI=1S/C14H22N4S/c1-18-9-8-15-12(18)4-7-16-13-17-10-14(11-19-13)5-2-3-6-14/h8-9H,2-7,10-11H2,1H3,(H,16,17). The number of imidazole rings is 1. The van der Waals surface area contributed by atoms with Crippen molar-refractivity contribution in [2.45, 2.75) is 32.1 Å². The zero-order valence-corrected chi connectivity index (χ0v) is 12.4. The van der Waals surface area contributed by atoms with Crippen LogP contribution in [0.3, 0.4) is 0 Å². The van der Waals surface area contributed by atoms with Gasteiger partial charge in [-0.1, -0.05) is 24.6 Å². The van der Waals surface area contributed by atoms with Crippen molar-refractivity contribution >= 4 is 16.9 Å². The lowest BCUT2D eigenvalue weighted by molar-refractivity contribution is 0.358. The summed E-state index contributed by atoms with van der Waals surface area (Å²) in [5, 5.41) is 4.58. The van der Waals surface area contributed by atoms with E-state index in [1.54, 1.807) is 0 Å². The number of aromatic nitrogens is 2. The zero-order chi connectivity index (χ0) is 13.1. The number of nitrogens with zero attached hydrogens (tertiary/aromatic N) is 3. The highest BCUT2D eigenvalue weighted by atomic mass is 32.2. The Morgan fingerprint density at radius 1 is 1.42 bits per heavy atom. The van der Waals surface area contributed by atoms with E-state index in [9.17, 15) is 0 Å². The highest BCUT2D eigenvalue weighted by molar-refractivity contribution is 8.13. The molecule has 1 fully saturated rings. The van der Waals surface area contributed by atoms with Crippen molar-refractivity contribution in [2.75, 3.05) is 18.8 Å². The molecule has 19 heavy (non-hydrogen) atoms. The molecule has 3 rings (SSSR count). The van der Waals surface area contributed by atoms with Crippen molar-refractivity contribution in [3.63, 3.8) is 0 Å². The molecule has 2 aliphatic rings. The second kappa shape index (κ2) is 5.57. The molecule has 0 bridgehead atoms. The van der Waals surface area contributed by atoms with Crippen molar-refractivity contribution in [3.8, 4) is 0 Å². The van der Waals surface area contributed by atoms with Gasteiger partial charge < -0.3 is 9.88 Å². The molecule has 4 nitrogen and oxygen atoms in total. The van der Waals surface area contributed by atoms with Crippen LogP contribution in [0, 0.1) is 5.41 Å². The van der Waals surface area contributed by atoms with Gasteiger partial charge in [-0.2, -0.15) is 0 Å². The normalized spacial score (nSPS) is 21.6. The predicted molar refractivity (Wildman–Crippen MR) is 80.6 cm³/mol. The van der Waals surface area contributed by atoms with E-state index in [4.69, 9.17) is 4.99 Å². The number of aliphatic imine (C=N–C) groups is 1. The van der Waals surface area contributed by atoms with Crippen LogP contribution in [0.2, 0.25) is 0 Å². The highest BCUT2D eigenvalue weighted by Gasteiger charge is 2.36. The van der Waals surface area contributed by atoms with Crippen LogP contribution >= 0.6 is 11.8 Å². The quantitative estimate of drug-likeness (QED) is 0.922. The molecular weight excluding hydrogens is 256 g/mol. The number of rotatable bonds is 3. The van der Waals surface area contributed by atoms with E-state index in [1.165, 1.54) is 31.4 Å². The van der Waals surface area contributed by atoms with Crippen molar-refractivity contribution < 1.29 is 0 Å². The SMILES string of the molecule is Cn1ccnc1CCNC1=NCC2(CCCC2)CS1. The molecule has 1 aromatic heterocycles. The summed E-state index contributed by atoms with van der Waals surface area (Å²) in [6.45, 7) is 1.95. The maximum atomic E-state index is 4.75. The second-order valence-electron chi connectivity index (χ2n) is 5.75. The fourth-order valence-electron chi connectivity index (χ4n) is 3.01. The fourth-order valence-corrected chi connectivity index (χ4v) is 4.19. The summed E-state index contributed by atoms with van der Waals surface area (Å²) in [6.07, 6.45) is 10.4. The molecule has 1 aromatic rings. The summed E-state index contributed by atoms with van der Waals surface area (Å²) in [6, 6.07) is 0. The molecule has 1 spiro atoms. The summed E-state index contributed by atoms with van der Waals surface area (Å²) in [5.74, 6) is 2.38. The molecule has 2 heterocycles. The lowest BCUT2D eigenvalue weighted by Gasteiger charge is -2.31. The third-order valence-corrected chi connectivity index (χ3v) is 5.59. The molecule has 1 saturated carbocycles. The van der Waals surface area contributed by atoms with Crippen LogP contribution in [-0.4, -0.2) is 33.6 Å². The molecule has 0 atom stereocenters. The van der Waals surface area contributed by atoms with E-state index >= 15 is 0 Å². The molecule has 5 heteroatoms. The first-order valence-electron chi connectivity index (χ1n) is 7.15. The van der Waals surface area contributed by atoms with Gasteiger partial charge in [-0.3, -0.25) is 4.99 Å². The minimum absolute atomic E-state index is 0.537. The van der Waals surface area contributed by atoms with Crippen LogP contribution in [-0.2, 0) is 13.5 Å². The van der Waals surface area contributed by atoms with Gasteiger partial charge in [0.1, 0.15) is 5.82 Å². The van der Waals surface area contributed by atoms with E-state index in [0.29, 0.717) is 5.41 Å². The van der Waals surface area contributed by atoms with Gasteiger partial charge in [0.2, 0.25) is 0 Å². The molecule has 1 aliphatic heterocycles. The van der Waals surface area contributed by atoms with Crippen LogP contribution in [0.15, 0.2) is 17.4 Å². The van der Waals surface area contributed by atoms with Crippen LogP contribution in [0.1, 0.15) is 31.5 Å². The molecule has 1 aliphatic carbocycles. The Labute approximate surface area is 119 Å². The van der Waals surface area contributed by atoms with Crippen LogP contribution in [0.25, 0.3) is 0 Å². The van der Waals surface area contributed by atoms with E-state index in [2.05, 4.69) is 14.9 Å². The zero-order valence-electron chi connectivity index (χ0n) is 11.6. The minimum atomic E-state index is 0.537. The van der Waals surface area contributed by atoms with Gasteiger partial charge in [-0.15, -0.1) is 0 Å². The molecule has 0 aromatic carbocycles. The molecule has 0 unspecified atom stereocenters. The predicted octanol–water partition coefficient (Wildman–Crippen LogP) is 2.22. The van der Waals surface area contributed by atoms with Crippen molar-refractivity contribution in [1.82, 2.24) is 14.9 Å². The fraction of sp³-hybridized carbons (Fsp3) is 0.714. The van der Waals surface area contributed by atoms with Gasteiger partial charge in [0.15, 0.2) is 5.17 Å². The number of nitrogens with one attached hydrogen (secondary N) is 1. The summed E-state index contributed by atoms with van der Waals surface area (Å²) < 4.78 is 2.07. The lowest BCUT2D eigenvalue weighted by atomic mass is 9.89. The number of hydrogen-bond donors (Lipinski definition) is 1. The van der Waals surface area contributed by atoms with Gasteiger partial charge in [0, 0.05) is 44.7 Å². The first-order chi connectivity index (χ1) is 9.27. The first-order valence-corrected chi connectivity index (χ1v) is 8.13. The number of amidine groups is 1. The van der Waals surface area contributed by atoms with E-state index in [0.717, 1.165) is 30.5 Å². The summed E-state index contributed by atoms with van der Waals surface area (Å²) in [4.78, 5) is 9.08. The van der Waals surface area contributed by atoms with Crippen molar-refractivity contribution in [2.24, 2.45) is 17.5 Å². The van der Waals surface area contributed by atoms with Crippen molar-refractivity contribution in [3.05, 3.63) is 18.2 Å². The van der Waals surface area contributed by atoms with Gasteiger partial charge in [0.25, 0.3) is 0 Å². The van der Waals surface area contributed by atoms with E-state index in [-0.39, 0.29) is 0 Å². The Balaban J connectivity index is 1.46. The number of hydrogen-bond acceptors (Lipinski definition) is 4. The van der Waals surface area contributed by atoms with Crippen molar-refractivity contribution in [1.29, 1.82) is 0 Å². The maximum Gasteiger partial charge on any atom is 0.156 e. The average molecular weight is 278 g/mol. The third kappa shape index (κ3) is 2.96. The Kier molecular flexibility index (Phi) is 3.82. The summed E-state index contributed by atoms with van der Waals surface area (Å²) in [5.41, 5.74) is 0.537. The molecule has 1 N–H and O–H groups in total. The van der Waals surface area contributed by atoms with Gasteiger partial charge in [-0.25, -0.2) is 4.98 Å². The monoisotopic (exact) mass is 278 g/mol. The first kappa shape index (κ1) is 13.0. The Hall–Kier alpha value is -0.970. The van der Waals surface area contributed by atoms with E-state index < -0.39 is 0 Å². The number of thioether (sulfide) groups is 1. The van der Waals surface area contributed by atoms with Gasteiger partial charge in [0.05, 0.1) is 0 Å².